The normalized spacial score (nSPS) is 12.2. The third-order valence-electron chi connectivity index (χ3n) is 2.70. The summed E-state index contributed by atoms with van der Waals surface area (Å²) in [4.78, 5) is 0. The van der Waals surface area contributed by atoms with E-state index >= 15 is 0 Å². The quantitative estimate of drug-likeness (QED) is 0.935. The molecule has 1 aromatic heterocycles. The van der Waals surface area contributed by atoms with Gasteiger partial charge in [0.15, 0.2) is 0 Å². The van der Waals surface area contributed by atoms with E-state index in [0.29, 0.717) is 28.6 Å². The fourth-order valence-corrected chi connectivity index (χ4v) is 1.87. The molecule has 0 saturated carbocycles. The molecule has 2 aromatic rings. The molecule has 0 spiro atoms. The Morgan fingerprint density at radius 3 is 2.74 bits per heavy atom. The van der Waals surface area contributed by atoms with Crippen LogP contribution in [0.25, 0.3) is 0 Å². The van der Waals surface area contributed by atoms with Gasteiger partial charge in [-0.05, 0) is 36.2 Å². The minimum Gasteiger partial charge on any atom is -0.480 e. The highest BCUT2D eigenvalue weighted by molar-refractivity contribution is 6.31. The molecular weight excluding hydrogens is 269 g/mol. The Bertz CT molecular complexity index is 562. The minimum absolute atomic E-state index is 0.340. The lowest BCUT2D eigenvalue weighted by Crippen LogP contribution is -2.16. The molecule has 1 unspecified atom stereocenters. The summed E-state index contributed by atoms with van der Waals surface area (Å²) < 4.78 is 18.1. The van der Waals surface area contributed by atoms with Crippen molar-refractivity contribution in [3.05, 3.63) is 52.4 Å². The van der Waals surface area contributed by atoms with Crippen molar-refractivity contribution in [3.8, 4) is 5.88 Å². The van der Waals surface area contributed by atoms with E-state index in [0.717, 1.165) is 0 Å². The molecule has 4 nitrogen and oxygen atoms in total. The van der Waals surface area contributed by atoms with E-state index in [2.05, 4.69) is 10.2 Å². The molecule has 0 amide bonds. The molecule has 0 aliphatic heterocycles. The molecule has 0 fully saturated rings. The van der Waals surface area contributed by atoms with Gasteiger partial charge in [-0.25, -0.2) is 4.39 Å². The number of benzene rings is 1. The van der Waals surface area contributed by atoms with Crippen molar-refractivity contribution in [1.29, 1.82) is 0 Å². The van der Waals surface area contributed by atoms with Gasteiger partial charge in [0.25, 0.3) is 0 Å². The van der Waals surface area contributed by atoms with Crippen LogP contribution in [0, 0.1) is 5.82 Å². The van der Waals surface area contributed by atoms with E-state index in [9.17, 15) is 4.39 Å². The maximum atomic E-state index is 13.2. The highest BCUT2D eigenvalue weighted by atomic mass is 35.5. The molecule has 19 heavy (non-hydrogen) atoms. The molecule has 1 aromatic carbocycles. The lowest BCUT2D eigenvalue weighted by Gasteiger charge is -2.12. The Labute approximate surface area is 115 Å². The second-order valence-electron chi connectivity index (χ2n) is 4.05. The van der Waals surface area contributed by atoms with Crippen molar-refractivity contribution < 1.29 is 9.13 Å². The summed E-state index contributed by atoms with van der Waals surface area (Å²) in [5.41, 5.74) is 7.26. The Morgan fingerprint density at radius 1 is 1.32 bits per heavy atom. The molecule has 1 atom stereocenters. The van der Waals surface area contributed by atoms with Crippen LogP contribution in [-0.4, -0.2) is 17.3 Å². The van der Waals surface area contributed by atoms with E-state index in [1.165, 1.54) is 25.3 Å². The van der Waals surface area contributed by atoms with Gasteiger partial charge in [-0.2, -0.15) is 5.10 Å². The number of rotatable bonds is 4. The number of nitrogens with two attached hydrogens (primary N) is 1. The van der Waals surface area contributed by atoms with Crippen molar-refractivity contribution >= 4 is 11.6 Å². The molecule has 0 aliphatic carbocycles. The van der Waals surface area contributed by atoms with Crippen molar-refractivity contribution in [3.63, 3.8) is 0 Å². The van der Waals surface area contributed by atoms with E-state index in [-0.39, 0.29) is 5.82 Å². The van der Waals surface area contributed by atoms with Crippen LogP contribution in [-0.2, 0) is 6.42 Å². The van der Waals surface area contributed by atoms with Crippen molar-refractivity contribution in [2.75, 3.05) is 7.11 Å². The van der Waals surface area contributed by atoms with Crippen LogP contribution in [0.1, 0.15) is 17.3 Å². The Morgan fingerprint density at radius 2 is 2.11 bits per heavy atom. The SMILES string of the molecule is COc1ccc(C(N)Cc2cc(F)ccc2Cl)nn1. The average Bonchev–Trinajstić information content (AvgIpc) is 2.43. The number of nitrogens with zero attached hydrogens (tertiary/aromatic N) is 2. The third kappa shape index (κ3) is 3.39. The number of methoxy groups -OCH3 is 1. The zero-order chi connectivity index (χ0) is 13.8. The Kier molecular flexibility index (Phi) is 4.29. The first kappa shape index (κ1) is 13.7. The molecule has 2 rings (SSSR count). The Hall–Kier alpha value is -1.72. The second kappa shape index (κ2) is 5.95. The van der Waals surface area contributed by atoms with Gasteiger partial charge in [-0.3, -0.25) is 0 Å². The summed E-state index contributed by atoms with van der Waals surface area (Å²) in [6.45, 7) is 0. The number of aromatic nitrogens is 2. The smallest absolute Gasteiger partial charge is 0.233 e. The highest BCUT2D eigenvalue weighted by Gasteiger charge is 2.12. The molecule has 100 valence electrons. The fraction of sp³-hybridized carbons (Fsp3) is 0.231. The monoisotopic (exact) mass is 281 g/mol. The maximum Gasteiger partial charge on any atom is 0.233 e. The van der Waals surface area contributed by atoms with Crippen LogP contribution in [0.3, 0.4) is 0 Å². The number of hydrogen-bond donors (Lipinski definition) is 1. The summed E-state index contributed by atoms with van der Waals surface area (Å²) in [5, 5.41) is 8.29. The predicted molar refractivity (Wildman–Crippen MR) is 70.6 cm³/mol. The summed E-state index contributed by atoms with van der Waals surface area (Å²) in [6, 6.07) is 7.19. The van der Waals surface area contributed by atoms with Gasteiger partial charge < -0.3 is 10.5 Å². The number of ether oxygens (including phenoxy) is 1. The summed E-state index contributed by atoms with van der Waals surface area (Å²) in [7, 11) is 1.51. The number of hydrogen-bond acceptors (Lipinski definition) is 4. The van der Waals surface area contributed by atoms with Crippen LogP contribution >= 0.6 is 11.6 Å². The average molecular weight is 282 g/mol. The predicted octanol–water partition coefficient (Wildman–Crippen LogP) is 2.52. The minimum atomic E-state index is -0.405. The van der Waals surface area contributed by atoms with Crippen molar-refractivity contribution in [2.24, 2.45) is 5.73 Å². The van der Waals surface area contributed by atoms with Gasteiger partial charge >= 0.3 is 0 Å². The maximum absolute atomic E-state index is 13.2. The van der Waals surface area contributed by atoms with E-state index in [1.54, 1.807) is 12.1 Å². The van der Waals surface area contributed by atoms with Crippen LogP contribution in [0.2, 0.25) is 5.02 Å². The topological polar surface area (TPSA) is 61.0 Å². The molecule has 6 heteroatoms. The standard InChI is InChI=1S/C13H13ClFN3O/c1-19-13-5-4-12(17-18-13)11(16)7-8-6-9(15)2-3-10(8)14/h2-6,11H,7,16H2,1H3. The molecule has 1 heterocycles. The van der Waals surface area contributed by atoms with Crippen molar-refractivity contribution in [1.82, 2.24) is 10.2 Å². The zero-order valence-corrected chi connectivity index (χ0v) is 11.1. The number of halogens is 2. The molecule has 2 N–H and O–H groups in total. The largest absolute Gasteiger partial charge is 0.480 e. The van der Waals surface area contributed by atoms with Crippen LogP contribution < -0.4 is 10.5 Å². The highest BCUT2D eigenvalue weighted by Crippen LogP contribution is 2.22. The van der Waals surface area contributed by atoms with E-state index in [4.69, 9.17) is 22.1 Å². The van der Waals surface area contributed by atoms with Gasteiger partial charge in [0, 0.05) is 11.1 Å². The summed E-state index contributed by atoms with van der Waals surface area (Å²) >= 11 is 6.00. The van der Waals surface area contributed by atoms with Crippen molar-refractivity contribution in [2.45, 2.75) is 12.5 Å². The molecule has 0 bridgehead atoms. The lowest BCUT2D eigenvalue weighted by molar-refractivity contribution is 0.390. The molecule has 0 radical (unpaired) electrons. The van der Waals surface area contributed by atoms with Crippen LogP contribution in [0.15, 0.2) is 30.3 Å². The first-order valence-electron chi connectivity index (χ1n) is 5.67. The first-order chi connectivity index (χ1) is 9.10. The van der Waals surface area contributed by atoms with Gasteiger partial charge in [0.05, 0.1) is 18.8 Å². The molecule has 0 aliphatic rings. The third-order valence-corrected chi connectivity index (χ3v) is 3.07. The molecule has 0 saturated heterocycles. The van der Waals surface area contributed by atoms with Gasteiger partial charge in [-0.1, -0.05) is 11.6 Å². The van der Waals surface area contributed by atoms with Gasteiger partial charge in [-0.15, -0.1) is 5.10 Å². The molecular formula is C13H13ClFN3O. The van der Waals surface area contributed by atoms with E-state index in [1.807, 2.05) is 0 Å². The zero-order valence-electron chi connectivity index (χ0n) is 10.3. The Balaban J connectivity index is 2.15. The van der Waals surface area contributed by atoms with Gasteiger partial charge in [0.1, 0.15) is 5.82 Å². The lowest BCUT2D eigenvalue weighted by atomic mass is 10.0. The van der Waals surface area contributed by atoms with Crippen LogP contribution in [0.5, 0.6) is 5.88 Å². The summed E-state index contributed by atoms with van der Waals surface area (Å²) in [6.07, 6.45) is 0.387. The van der Waals surface area contributed by atoms with Crippen LogP contribution in [0.4, 0.5) is 4.39 Å². The second-order valence-corrected chi connectivity index (χ2v) is 4.45. The first-order valence-corrected chi connectivity index (χ1v) is 6.05. The fourth-order valence-electron chi connectivity index (χ4n) is 1.68. The van der Waals surface area contributed by atoms with E-state index < -0.39 is 6.04 Å². The summed E-state index contributed by atoms with van der Waals surface area (Å²) in [5.74, 6) is 0.0761. The van der Waals surface area contributed by atoms with Gasteiger partial charge in [0.2, 0.25) is 5.88 Å².